The fraction of sp³-hybridized carbons (Fsp3) is 0.375. The van der Waals surface area contributed by atoms with Crippen molar-refractivity contribution < 1.29 is 4.79 Å². The summed E-state index contributed by atoms with van der Waals surface area (Å²) in [7, 11) is 0. The average Bonchev–Trinajstić information content (AvgIpc) is 2.03. The van der Waals surface area contributed by atoms with Gasteiger partial charge >= 0.3 is 0 Å². The number of rotatable bonds is 1. The van der Waals surface area contributed by atoms with E-state index in [0.29, 0.717) is 6.54 Å². The Balaban J connectivity index is 2.57. The Morgan fingerprint density at radius 2 is 2.55 bits per heavy atom. The van der Waals surface area contributed by atoms with Crippen molar-refractivity contribution in [2.24, 2.45) is 0 Å². The predicted molar refractivity (Wildman–Crippen MR) is 48.4 cm³/mol. The van der Waals surface area contributed by atoms with Crippen molar-refractivity contribution in [3.05, 3.63) is 23.2 Å². The summed E-state index contributed by atoms with van der Waals surface area (Å²) in [5, 5.41) is 0. The van der Waals surface area contributed by atoms with Gasteiger partial charge in [0, 0.05) is 11.0 Å². The minimum Gasteiger partial charge on any atom is -0.334 e. The number of hydrogen-bond donors (Lipinski definition) is 0. The molecule has 3 heteroatoms. The molecule has 2 nitrogen and oxygen atoms in total. The second kappa shape index (κ2) is 3.72. The third kappa shape index (κ3) is 2.19. The van der Waals surface area contributed by atoms with Gasteiger partial charge in [-0.1, -0.05) is 28.6 Å². The van der Waals surface area contributed by atoms with Crippen LogP contribution in [-0.2, 0) is 4.79 Å². The first kappa shape index (κ1) is 8.53. The third-order valence-electron chi connectivity index (χ3n) is 1.59. The van der Waals surface area contributed by atoms with Crippen LogP contribution < -0.4 is 0 Å². The lowest BCUT2D eigenvalue weighted by Gasteiger charge is -2.23. The van der Waals surface area contributed by atoms with Crippen LogP contribution in [0.2, 0.25) is 0 Å². The number of hydrogen-bond acceptors (Lipinski definition) is 1. The summed E-state index contributed by atoms with van der Waals surface area (Å²) in [5.41, 5.74) is 0. The van der Waals surface area contributed by atoms with E-state index in [9.17, 15) is 4.79 Å². The van der Waals surface area contributed by atoms with E-state index < -0.39 is 0 Å². The van der Waals surface area contributed by atoms with E-state index in [1.807, 2.05) is 0 Å². The fourth-order valence-corrected chi connectivity index (χ4v) is 1.55. The van der Waals surface area contributed by atoms with E-state index in [1.165, 1.54) is 6.08 Å². The molecule has 60 valence electrons. The monoisotopic (exact) mass is 215 g/mol. The van der Waals surface area contributed by atoms with E-state index in [-0.39, 0.29) is 5.91 Å². The molecule has 0 N–H and O–H groups in total. The number of carbonyl (C=O) groups is 1. The Morgan fingerprint density at radius 1 is 1.82 bits per heavy atom. The summed E-state index contributed by atoms with van der Waals surface area (Å²) >= 11 is 3.36. The van der Waals surface area contributed by atoms with Gasteiger partial charge in [0.1, 0.15) is 0 Å². The van der Waals surface area contributed by atoms with Crippen molar-refractivity contribution in [1.29, 1.82) is 0 Å². The summed E-state index contributed by atoms with van der Waals surface area (Å²) < 4.78 is 1.08. The maximum absolute atomic E-state index is 11.1. The minimum atomic E-state index is 0.00931. The van der Waals surface area contributed by atoms with Gasteiger partial charge in [0.15, 0.2) is 0 Å². The molecule has 0 bridgehead atoms. The SMILES string of the molecule is C=CC(=O)N1CCC=C(Br)C1. The van der Waals surface area contributed by atoms with Gasteiger partial charge in [0.2, 0.25) is 5.91 Å². The van der Waals surface area contributed by atoms with E-state index in [4.69, 9.17) is 0 Å². The molecule has 1 rings (SSSR count). The molecule has 0 aromatic carbocycles. The smallest absolute Gasteiger partial charge is 0.246 e. The summed E-state index contributed by atoms with van der Waals surface area (Å²) in [6, 6.07) is 0. The first-order valence-electron chi connectivity index (χ1n) is 3.50. The molecule has 0 aliphatic carbocycles. The second-order valence-electron chi connectivity index (χ2n) is 2.40. The zero-order valence-corrected chi connectivity index (χ0v) is 7.80. The highest BCUT2D eigenvalue weighted by Crippen LogP contribution is 2.14. The number of nitrogens with zero attached hydrogens (tertiary/aromatic N) is 1. The predicted octanol–water partition coefficient (Wildman–Crippen LogP) is 1.68. The summed E-state index contributed by atoms with van der Waals surface area (Å²) in [6.45, 7) is 4.93. The van der Waals surface area contributed by atoms with Gasteiger partial charge in [-0.2, -0.15) is 0 Å². The molecule has 0 fully saturated rings. The van der Waals surface area contributed by atoms with Gasteiger partial charge in [-0.3, -0.25) is 4.79 Å². The maximum Gasteiger partial charge on any atom is 0.246 e. The molecule has 1 aliphatic rings. The first-order valence-corrected chi connectivity index (χ1v) is 4.29. The Kier molecular flexibility index (Phi) is 2.88. The lowest BCUT2D eigenvalue weighted by atomic mass is 10.2. The molecule has 0 unspecified atom stereocenters. The largest absolute Gasteiger partial charge is 0.334 e. The minimum absolute atomic E-state index is 0.00931. The van der Waals surface area contributed by atoms with Crippen LogP contribution in [0, 0.1) is 0 Å². The standard InChI is InChI=1S/C8H10BrNO/c1-2-8(11)10-5-3-4-7(9)6-10/h2,4H,1,3,5-6H2. The molecule has 0 spiro atoms. The van der Waals surface area contributed by atoms with Crippen LogP contribution in [0.5, 0.6) is 0 Å². The molecule has 0 aromatic rings. The maximum atomic E-state index is 11.1. The molecule has 0 saturated carbocycles. The molecule has 1 amide bonds. The molecule has 0 radical (unpaired) electrons. The highest BCUT2D eigenvalue weighted by Gasteiger charge is 2.13. The van der Waals surface area contributed by atoms with Crippen LogP contribution in [-0.4, -0.2) is 23.9 Å². The van der Waals surface area contributed by atoms with Crippen molar-refractivity contribution in [1.82, 2.24) is 4.90 Å². The quantitative estimate of drug-likeness (QED) is 0.610. The zero-order valence-electron chi connectivity index (χ0n) is 6.22. The lowest BCUT2D eigenvalue weighted by Crippen LogP contribution is -2.33. The van der Waals surface area contributed by atoms with Gasteiger partial charge in [0.05, 0.1) is 6.54 Å². The van der Waals surface area contributed by atoms with E-state index in [0.717, 1.165) is 17.4 Å². The Morgan fingerprint density at radius 3 is 3.09 bits per heavy atom. The van der Waals surface area contributed by atoms with Crippen LogP contribution in [0.25, 0.3) is 0 Å². The van der Waals surface area contributed by atoms with Gasteiger partial charge in [0.25, 0.3) is 0 Å². The second-order valence-corrected chi connectivity index (χ2v) is 3.42. The molecular formula is C8H10BrNO. The van der Waals surface area contributed by atoms with Crippen molar-refractivity contribution in [3.63, 3.8) is 0 Å². The van der Waals surface area contributed by atoms with Crippen LogP contribution in [0.15, 0.2) is 23.2 Å². The van der Waals surface area contributed by atoms with Crippen LogP contribution in [0.3, 0.4) is 0 Å². The molecule has 0 atom stereocenters. The zero-order chi connectivity index (χ0) is 8.27. The van der Waals surface area contributed by atoms with Crippen molar-refractivity contribution in [2.45, 2.75) is 6.42 Å². The van der Waals surface area contributed by atoms with E-state index in [1.54, 1.807) is 4.90 Å². The Hall–Kier alpha value is -0.570. The normalized spacial score (nSPS) is 17.5. The summed E-state index contributed by atoms with van der Waals surface area (Å²) in [5.74, 6) is 0.00931. The van der Waals surface area contributed by atoms with Gasteiger partial charge in [-0.05, 0) is 12.5 Å². The highest BCUT2D eigenvalue weighted by molar-refractivity contribution is 9.11. The lowest BCUT2D eigenvalue weighted by molar-refractivity contribution is -0.125. The van der Waals surface area contributed by atoms with Crippen LogP contribution in [0.1, 0.15) is 6.42 Å². The molecule has 1 aliphatic heterocycles. The van der Waals surface area contributed by atoms with Crippen molar-refractivity contribution in [2.75, 3.05) is 13.1 Å². The molecular weight excluding hydrogens is 206 g/mol. The Bertz CT molecular complexity index is 210. The van der Waals surface area contributed by atoms with Crippen LogP contribution >= 0.6 is 15.9 Å². The summed E-state index contributed by atoms with van der Waals surface area (Å²) in [6.07, 6.45) is 4.37. The van der Waals surface area contributed by atoms with Gasteiger partial charge in [-0.25, -0.2) is 0 Å². The average molecular weight is 216 g/mol. The molecule has 0 saturated heterocycles. The number of carbonyl (C=O) groups excluding carboxylic acids is 1. The van der Waals surface area contributed by atoms with Crippen LogP contribution in [0.4, 0.5) is 0 Å². The summed E-state index contributed by atoms with van der Waals surface area (Å²) in [4.78, 5) is 12.8. The molecule has 1 heterocycles. The van der Waals surface area contributed by atoms with Gasteiger partial charge in [-0.15, -0.1) is 0 Å². The van der Waals surface area contributed by atoms with E-state index >= 15 is 0 Å². The highest BCUT2D eigenvalue weighted by atomic mass is 79.9. The first-order chi connectivity index (χ1) is 5.24. The van der Waals surface area contributed by atoms with E-state index in [2.05, 4.69) is 28.6 Å². The third-order valence-corrected chi connectivity index (χ3v) is 2.17. The van der Waals surface area contributed by atoms with Gasteiger partial charge < -0.3 is 4.90 Å². The number of halogens is 1. The number of amides is 1. The van der Waals surface area contributed by atoms with Crippen molar-refractivity contribution >= 4 is 21.8 Å². The van der Waals surface area contributed by atoms with Crippen molar-refractivity contribution in [3.8, 4) is 0 Å². The fourth-order valence-electron chi connectivity index (χ4n) is 1.02. The Labute approximate surface area is 74.7 Å². The molecule has 0 aromatic heterocycles. The topological polar surface area (TPSA) is 20.3 Å². The molecule has 11 heavy (non-hydrogen) atoms.